The van der Waals surface area contributed by atoms with Crippen molar-refractivity contribution >= 4 is 16.9 Å². The second kappa shape index (κ2) is 7.88. The summed E-state index contributed by atoms with van der Waals surface area (Å²) in [5, 5.41) is 2.98. The molecule has 2 heterocycles. The van der Waals surface area contributed by atoms with Gasteiger partial charge in [-0.1, -0.05) is 56.0 Å². The maximum absolute atomic E-state index is 12.8. The second-order valence-electron chi connectivity index (χ2n) is 7.40. The van der Waals surface area contributed by atoms with Crippen LogP contribution in [-0.4, -0.2) is 26.5 Å². The van der Waals surface area contributed by atoms with Gasteiger partial charge < -0.3 is 15.3 Å². The number of amides is 1. The van der Waals surface area contributed by atoms with Gasteiger partial charge in [-0.05, 0) is 18.4 Å². The van der Waals surface area contributed by atoms with Crippen LogP contribution in [0.5, 0.6) is 0 Å². The van der Waals surface area contributed by atoms with E-state index in [9.17, 15) is 14.4 Å². The zero-order chi connectivity index (χ0) is 19.5. The molecular weight excluding hydrogens is 356 g/mol. The zero-order valence-electron chi connectivity index (χ0n) is 15.7. The fraction of sp³-hybridized carbons (Fsp3) is 0.381. The Morgan fingerprint density at radius 1 is 1.04 bits per heavy atom. The molecule has 28 heavy (non-hydrogen) atoms. The van der Waals surface area contributed by atoms with Gasteiger partial charge in [0.2, 0.25) is 5.91 Å². The summed E-state index contributed by atoms with van der Waals surface area (Å²) < 4.78 is 0.958. The first-order valence-electron chi connectivity index (χ1n) is 9.82. The first kappa shape index (κ1) is 18.3. The van der Waals surface area contributed by atoms with Crippen molar-refractivity contribution in [2.45, 2.75) is 51.1 Å². The Kier molecular flexibility index (Phi) is 5.14. The molecule has 0 saturated heterocycles. The van der Waals surface area contributed by atoms with Crippen LogP contribution in [0.15, 0.2) is 46.1 Å². The van der Waals surface area contributed by atoms with Gasteiger partial charge in [0.25, 0.3) is 5.56 Å². The molecule has 2 aromatic heterocycles. The number of hydrogen-bond donors (Lipinski definition) is 3. The molecule has 1 aliphatic rings. The van der Waals surface area contributed by atoms with E-state index in [0.29, 0.717) is 11.0 Å². The molecule has 1 amide bonds. The number of aromatic nitrogens is 3. The minimum atomic E-state index is -0.578. The number of aromatic amines is 2. The minimum absolute atomic E-state index is 0.128. The van der Waals surface area contributed by atoms with Gasteiger partial charge in [0.05, 0.1) is 5.52 Å². The van der Waals surface area contributed by atoms with Crippen LogP contribution < -0.4 is 16.6 Å². The summed E-state index contributed by atoms with van der Waals surface area (Å²) in [5.74, 6) is -0.298. The second-order valence-corrected chi connectivity index (χ2v) is 7.40. The Bertz CT molecular complexity index is 1090. The van der Waals surface area contributed by atoms with Crippen molar-refractivity contribution in [1.29, 1.82) is 0 Å². The van der Waals surface area contributed by atoms with E-state index in [0.717, 1.165) is 41.4 Å². The van der Waals surface area contributed by atoms with Gasteiger partial charge in [-0.15, -0.1) is 0 Å². The number of carbonyl (C=O) groups excluding carboxylic acids is 1. The number of rotatable bonds is 4. The van der Waals surface area contributed by atoms with Crippen molar-refractivity contribution in [2.75, 3.05) is 0 Å². The summed E-state index contributed by atoms with van der Waals surface area (Å²) in [7, 11) is 0. The van der Waals surface area contributed by atoms with Gasteiger partial charge in [0.1, 0.15) is 12.1 Å². The molecule has 1 aliphatic carbocycles. The average Bonchev–Trinajstić information content (AvgIpc) is 2.94. The van der Waals surface area contributed by atoms with Crippen molar-refractivity contribution < 1.29 is 4.79 Å². The Balaban J connectivity index is 1.61. The largest absolute Gasteiger partial charge is 0.355 e. The van der Waals surface area contributed by atoms with E-state index in [-0.39, 0.29) is 18.5 Å². The van der Waals surface area contributed by atoms with E-state index in [1.165, 1.54) is 12.8 Å². The van der Waals surface area contributed by atoms with Crippen LogP contribution in [0.2, 0.25) is 0 Å². The molecule has 7 heteroatoms. The summed E-state index contributed by atoms with van der Waals surface area (Å²) in [4.78, 5) is 43.5. The molecule has 3 N–H and O–H groups in total. The molecule has 1 fully saturated rings. The molecule has 0 bridgehead atoms. The smallest absolute Gasteiger partial charge is 0.329 e. The highest BCUT2D eigenvalue weighted by atomic mass is 16.2. The van der Waals surface area contributed by atoms with Gasteiger partial charge >= 0.3 is 5.69 Å². The highest BCUT2D eigenvalue weighted by molar-refractivity contribution is 5.91. The van der Waals surface area contributed by atoms with Gasteiger partial charge in [0, 0.05) is 17.8 Å². The molecule has 146 valence electrons. The molecule has 7 nitrogen and oxygen atoms in total. The van der Waals surface area contributed by atoms with Crippen molar-refractivity contribution in [3.63, 3.8) is 0 Å². The highest BCUT2D eigenvalue weighted by Crippen LogP contribution is 2.24. The lowest BCUT2D eigenvalue weighted by molar-refractivity contribution is -0.122. The van der Waals surface area contributed by atoms with Gasteiger partial charge in [0.15, 0.2) is 0 Å². The maximum atomic E-state index is 12.8. The fourth-order valence-electron chi connectivity index (χ4n) is 3.95. The van der Waals surface area contributed by atoms with Gasteiger partial charge in [-0.2, -0.15) is 0 Å². The lowest BCUT2D eigenvalue weighted by Gasteiger charge is -2.16. The predicted octanol–water partition coefficient (Wildman–Crippen LogP) is 2.52. The SMILES string of the molecule is O=C(Cn1c(=O)[nH]c2c(-c3ccccc3)c[nH]c2c1=O)NC1CCCCCC1. The number of nitrogens with zero attached hydrogens (tertiary/aromatic N) is 1. The van der Waals surface area contributed by atoms with Crippen LogP contribution >= 0.6 is 0 Å². The molecule has 1 saturated carbocycles. The van der Waals surface area contributed by atoms with Crippen LogP contribution in [0.4, 0.5) is 0 Å². The van der Waals surface area contributed by atoms with E-state index in [1.54, 1.807) is 6.20 Å². The summed E-state index contributed by atoms with van der Waals surface area (Å²) in [6, 6.07) is 9.64. The number of fused-ring (bicyclic) bond motifs is 1. The van der Waals surface area contributed by atoms with E-state index in [2.05, 4.69) is 15.3 Å². The normalized spacial score (nSPS) is 15.4. The van der Waals surface area contributed by atoms with Crippen LogP contribution in [0.1, 0.15) is 38.5 Å². The third-order valence-electron chi connectivity index (χ3n) is 5.42. The summed E-state index contributed by atoms with van der Waals surface area (Å²) >= 11 is 0. The van der Waals surface area contributed by atoms with Crippen molar-refractivity contribution in [2.24, 2.45) is 0 Å². The van der Waals surface area contributed by atoms with E-state index in [4.69, 9.17) is 0 Å². The topological polar surface area (TPSA) is 99.8 Å². The predicted molar refractivity (Wildman–Crippen MR) is 108 cm³/mol. The minimum Gasteiger partial charge on any atom is -0.355 e. The Morgan fingerprint density at radius 3 is 2.46 bits per heavy atom. The first-order valence-corrected chi connectivity index (χ1v) is 9.82. The highest BCUT2D eigenvalue weighted by Gasteiger charge is 2.18. The number of hydrogen-bond acceptors (Lipinski definition) is 3. The van der Waals surface area contributed by atoms with Gasteiger partial charge in [-0.3, -0.25) is 9.59 Å². The third-order valence-corrected chi connectivity index (χ3v) is 5.42. The van der Waals surface area contributed by atoms with E-state index < -0.39 is 11.2 Å². The molecule has 4 rings (SSSR count). The van der Waals surface area contributed by atoms with Crippen LogP contribution in [0.25, 0.3) is 22.2 Å². The van der Waals surface area contributed by atoms with E-state index >= 15 is 0 Å². The molecule has 0 radical (unpaired) electrons. The molecule has 0 spiro atoms. The van der Waals surface area contributed by atoms with E-state index in [1.807, 2.05) is 30.3 Å². The quantitative estimate of drug-likeness (QED) is 0.607. The lowest BCUT2D eigenvalue weighted by atomic mass is 10.1. The molecule has 0 atom stereocenters. The molecule has 0 unspecified atom stereocenters. The van der Waals surface area contributed by atoms with Crippen molar-refractivity contribution in [3.8, 4) is 11.1 Å². The van der Waals surface area contributed by atoms with Crippen LogP contribution in [0.3, 0.4) is 0 Å². The number of benzene rings is 1. The van der Waals surface area contributed by atoms with Gasteiger partial charge in [-0.25, -0.2) is 9.36 Å². The number of H-pyrrole nitrogens is 2. The lowest BCUT2D eigenvalue weighted by Crippen LogP contribution is -2.43. The molecule has 3 aromatic rings. The monoisotopic (exact) mass is 380 g/mol. The Hall–Kier alpha value is -3.09. The average molecular weight is 380 g/mol. The standard InChI is InChI=1S/C21H24N4O3/c26-17(23-15-10-6-1-2-7-11-15)13-25-20(27)19-18(24-21(25)28)16(12-22-19)14-8-4-3-5-9-14/h3-5,8-9,12,15,22H,1-2,6-7,10-11,13H2,(H,23,26)(H,24,28). The summed E-state index contributed by atoms with van der Waals surface area (Å²) in [6.45, 7) is -0.277. The molecule has 1 aromatic carbocycles. The Labute approximate surface area is 161 Å². The summed E-state index contributed by atoms with van der Waals surface area (Å²) in [5.41, 5.74) is 1.33. The Morgan fingerprint density at radius 2 is 1.75 bits per heavy atom. The first-order chi connectivity index (χ1) is 13.6. The van der Waals surface area contributed by atoms with Crippen molar-refractivity contribution in [1.82, 2.24) is 19.9 Å². The third kappa shape index (κ3) is 3.65. The van der Waals surface area contributed by atoms with Crippen molar-refractivity contribution in [3.05, 3.63) is 57.4 Å². The summed E-state index contributed by atoms with van der Waals surface area (Å²) in [6.07, 6.45) is 8.19. The fourth-order valence-corrected chi connectivity index (χ4v) is 3.95. The molecular formula is C21H24N4O3. The number of nitrogens with one attached hydrogen (secondary N) is 3. The maximum Gasteiger partial charge on any atom is 0.329 e. The van der Waals surface area contributed by atoms with Crippen LogP contribution in [-0.2, 0) is 11.3 Å². The van der Waals surface area contributed by atoms with Crippen LogP contribution in [0, 0.1) is 0 Å². The zero-order valence-corrected chi connectivity index (χ0v) is 15.7. The number of carbonyl (C=O) groups is 1. The molecule has 0 aliphatic heterocycles.